The van der Waals surface area contributed by atoms with E-state index in [1.54, 1.807) is 0 Å². The second kappa shape index (κ2) is 3.25. The van der Waals surface area contributed by atoms with Gasteiger partial charge in [0.25, 0.3) is 0 Å². The minimum Gasteiger partial charge on any atom is -0.283 e. The summed E-state index contributed by atoms with van der Waals surface area (Å²) in [5.41, 5.74) is 0. The zero-order valence-corrected chi connectivity index (χ0v) is 6.87. The summed E-state index contributed by atoms with van der Waals surface area (Å²) in [7, 11) is 0. The largest absolute Gasteiger partial charge is 0.283 e. The molecule has 0 spiro atoms. The van der Waals surface area contributed by atoms with Crippen LogP contribution in [0.4, 0.5) is 0 Å². The van der Waals surface area contributed by atoms with Gasteiger partial charge in [0, 0.05) is 12.5 Å². The molecule has 2 heteroatoms. The lowest BCUT2D eigenvalue weighted by Crippen LogP contribution is -2.03. The number of aliphatic imine (C=N–C) groups is 1. The molecule has 0 saturated heterocycles. The van der Waals surface area contributed by atoms with Crippen molar-refractivity contribution in [2.45, 2.75) is 19.8 Å². The van der Waals surface area contributed by atoms with Gasteiger partial charge >= 0.3 is 0 Å². The summed E-state index contributed by atoms with van der Waals surface area (Å²) in [4.78, 5) is 4.39. The minimum absolute atomic E-state index is 0.792. The molecule has 1 aliphatic heterocycles. The zero-order chi connectivity index (χ0) is 6.69. The van der Waals surface area contributed by atoms with E-state index in [-0.39, 0.29) is 0 Å². The highest BCUT2D eigenvalue weighted by molar-refractivity contribution is 8.13. The lowest BCUT2D eigenvalue weighted by atomic mass is 10.1. The van der Waals surface area contributed by atoms with Gasteiger partial charge in [-0.1, -0.05) is 6.92 Å². The Morgan fingerprint density at radius 2 is 2.56 bits per heavy atom. The van der Waals surface area contributed by atoms with Crippen LogP contribution in [-0.4, -0.2) is 17.8 Å². The van der Waals surface area contributed by atoms with Gasteiger partial charge in [-0.3, -0.25) is 4.99 Å². The van der Waals surface area contributed by atoms with E-state index in [0.717, 1.165) is 12.5 Å². The van der Waals surface area contributed by atoms with Crippen molar-refractivity contribution in [1.82, 2.24) is 0 Å². The molecule has 1 nitrogen and oxygen atoms in total. The van der Waals surface area contributed by atoms with Gasteiger partial charge < -0.3 is 0 Å². The van der Waals surface area contributed by atoms with Crippen LogP contribution in [-0.2, 0) is 0 Å². The van der Waals surface area contributed by atoms with Crippen molar-refractivity contribution in [3.05, 3.63) is 0 Å². The van der Waals surface area contributed by atoms with Gasteiger partial charge in [0.05, 0.1) is 5.04 Å². The molecule has 1 atom stereocenters. The molecule has 0 aromatic carbocycles. The topological polar surface area (TPSA) is 12.4 Å². The van der Waals surface area contributed by atoms with E-state index in [0.29, 0.717) is 0 Å². The third-order valence-corrected chi connectivity index (χ3v) is 2.68. The van der Waals surface area contributed by atoms with E-state index in [1.165, 1.54) is 17.9 Å². The first kappa shape index (κ1) is 7.13. The average molecular weight is 143 g/mol. The predicted octanol–water partition coefficient (Wildman–Crippen LogP) is 2.18. The zero-order valence-electron chi connectivity index (χ0n) is 6.05. The number of hydrogen-bond donors (Lipinski definition) is 0. The summed E-state index contributed by atoms with van der Waals surface area (Å²) in [5.74, 6) is 0.792. The summed E-state index contributed by atoms with van der Waals surface area (Å²) in [5, 5.41) is 1.37. The van der Waals surface area contributed by atoms with E-state index >= 15 is 0 Å². The minimum atomic E-state index is 0.792. The monoisotopic (exact) mass is 143 g/mol. The molecule has 0 aromatic heterocycles. The molecule has 0 aliphatic carbocycles. The summed E-state index contributed by atoms with van der Waals surface area (Å²) >= 11 is 1.82. The second-order valence-electron chi connectivity index (χ2n) is 2.32. The maximum absolute atomic E-state index is 4.39. The summed E-state index contributed by atoms with van der Waals surface area (Å²) in [6.45, 7) is 3.30. The maximum atomic E-state index is 4.39. The normalized spacial score (nSPS) is 26.4. The van der Waals surface area contributed by atoms with Gasteiger partial charge in [0.15, 0.2) is 0 Å². The molecule has 0 saturated carbocycles. The molecule has 1 aliphatic rings. The number of rotatable bonds is 1. The van der Waals surface area contributed by atoms with Gasteiger partial charge in [-0.2, -0.15) is 0 Å². The number of thioether (sulfide) groups is 1. The molecule has 0 amide bonds. The van der Waals surface area contributed by atoms with Crippen LogP contribution in [0.1, 0.15) is 19.8 Å². The molecule has 0 fully saturated rings. The van der Waals surface area contributed by atoms with Crippen LogP contribution in [0.5, 0.6) is 0 Å². The lowest BCUT2D eigenvalue weighted by Gasteiger charge is -2.05. The van der Waals surface area contributed by atoms with E-state index < -0.39 is 0 Å². The Bertz CT molecular complexity index is 120. The molecular weight excluding hydrogens is 130 g/mol. The second-order valence-corrected chi connectivity index (χ2v) is 3.14. The fraction of sp³-hybridized carbons (Fsp3) is 0.857. The lowest BCUT2D eigenvalue weighted by molar-refractivity contribution is 0.661. The molecule has 0 aromatic rings. The highest BCUT2D eigenvalue weighted by Gasteiger charge is 2.17. The third-order valence-electron chi connectivity index (χ3n) is 1.80. The Hall–Kier alpha value is 0.0200. The molecule has 1 heterocycles. The van der Waals surface area contributed by atoms with E-state index in [4.69, 9.17) is 0 Å². The fourth-order valence-corrected chi connectivity index (χ4v) is 2.03. The Morgan fingerprint density at radius 3 is 3.00 bits per heavy atom. The van der Waals surface area contributed by atoms with Gasteiger partial charge in [-0.05, 0) is 19.1 Å². The van der Waals surface area contributed by atoms with Crippen LogP contribution in [0.15, 0.2) is 4.99 Å². The number of nitrogens with zero attached hydrogens (tertiary/aromatic N) is 1. The number of hydrogen-bond acceptors (Lipinski definition) is 2. The highest BCUT2D eigenvalue weighted by Crippen LogP contribution is 2.22. The summed E-state index contributed by atoms with van der Waals surface area (Å²) in [6, 6.07) is 0. The van der Waals surface area contributed by atoms with Crippen molar-refractivity contribution in [1.29, 1.82) is 0 Å². The molecule has 0 radical (unpaired) electrons. The Labute approximate surface area is 60.9 Å². The Morgan fingerprint density at radius 1 is 1.78 bits per heavy atom. The van der Waals surface area contributed by atoms with E-state index in [9.17, 15) is 0 Å². The third kappa shape index (κ3) is 1.48. The molecule has 52 valence electrons. The molecular formula is C7H13NS. The van der Waals surface area contributed by atoms with Gasteiger partial charge in [-0.25, -0.2) is 0 Å². The predicted molar refractivity (Wildman–Crippen MR) is 44.2 cm³/mol. The van der Waals surface area contributed by atoms with Crippen LogP contribution in [0.25, 0.3) is 0 Å². The SMILES string of the molecule is CCC1CCN=C1SC. The quantitative estimate of drug-likeness (QED) is 0.548. The van der Waals surface area contributed by atoms with E-state index in [1.807, 2.05) is 11.8 Å². The van der Waals surface area contributed by atoms with Crippen LogP contribution >= 0.6 is 11.8 Å². The van der Waals surface area contributed by atoms with Gasteiger partial charge in [0.2, 0.25) is 0 Å². The molecule has 9 heavy (non-hydrogen) atoms. The molecule has 0 bridgehead atoms. The van der Waals surface area contributed by atoms with Crippen molar-refractivity contribution in [3.8, 4) is 0 Å². The first-order valence-electron chi connectivity index (χ1n) is 3.46. The van der Waals surface area contributed by atoms with Gasteiger partial charge in [0.1, 0.15) is 0 Å². The van der Waals surface area contributed by atoms with Crippen molar-refractivity contribution in [2.24, 2.45) is 10.9 Å². The standard InChI is InChI=1S/C7H13NS/c1-3-6-4-5-8-7(6)9-2/h6H,3-5H2,1-2H3. The highest BCUT2D eigenvalue weighted by atomic mass is 32.2. The van der Waals surface area contributed by atoms with Gasteiger partial charge in [-0.15, -0.1) is 11.8 Å². The smallest absolute Gasteiger partial charge is 0.0704 e. The van der Waals surface area contributed by atoms with Crippen LogP contribution < -0.4 is 0 Å². The fourth-order valence-electron chi connectivity index (χ4n) is 1.19. The van der Waals surface area contributed by atoms with Crippen molar-refractivity contribution in [2.75, 3.05) is 12.8 Å². The Kier molecular flexibility index (Phi) is 2.58. The van der Waals surface area contributed by atoms with Crippen molar-refractivity contribution < 1.29 is 0 Å². The van der Waals surface area contributed by atoms with E-state index in [2.05, 4.69) is 18.2 Å². The van der Waals surface area contributed by atoms with Crippen LogP contribution in [0, 0.1) is 5.92 Å². The summed E-state index contributed by atoms with van der Waals surface area (Å²) < 4.78 is 0. The van der Waals surface area contributed by atoms with Crippen molar-refractivity contribution in [3.63, 3.8) is 0 Å². The van der Waals surface area contributed by atoms with Crippen molar-refractivity contribution >= 4 is 16.8 Å². The van der Waals surface area contributed by atoms with Crippen LogP contribution in [0.2, 0.25) is 0 Å². The molecule has 1 unspecified atom stereocenters. The Balaban J connectivity index is 2.47. The molecule has 1 rings (SSSR count). The summed E-state index contributed by atoms with van der Waals surface area (Å²) in [6.07, 6.45) is 4.67. The maximum Gasteiger partial charge on any atom is 0.0704 e. The first-order valence-corrected chi connectivity index (χ1v) is 4.69. The molecule has 0 N–H and O–H groups in total. The average Bonchev–Trinajstić information content (AvgIpc) is 2.33. The van der Waals surface area contributed by atoms with Crippen LogP contribution in [0.3, 0.4) is 0 Å². The first-order chi connectivity index (χ1) is 4.38.